The Hall–Kier alpha value is -3.40. The van der Waals surface area contributed by atoms with E-state index in [0.717, 1.165) is 39.2 Å². The number of hydrogen-bond donors (Lipinski definition) is 1. The summed E-state index contributed by atoms with van der Waals surface area (Å²) in [7, 11) is 0. The molecule has 2 aliphatic heterocycles. The van der Waals surface area contributed by atoms with Crippen molar-refractivity contribution in [2.45, 2.75) is 26.2 Å². The summed E-state index contributed by atoms with van der Waals surface area (Å²) in [6.07, 6.45) is 7.54. The molecule has 1 aromatic heterocycles. The van der Waals surface area contributed by atoms with Gasteiger partial charge in [0.2, 0.25) is 5.91 Å². The Labute approximate surface area is 164 Å². The highest BCUT2D eigenvalue weighted by Crippen LogP contribution is 2.58. The fourth-order valence-corrected chi connectivity index (χ4v) is 4.33. The number of hydrogen-bond acceptors (Lipinski definition) is 2. The van der Waals surface area contributed by atoms with Crippen LogP contribution in [0.3, 0.4) is 0 Å². The molecule has 4 heteroatoms. The van der Waals surface area contributed by atoms with Gasteiger partial charge >= 0.3 is 0 Å². The Morgan fingerprint density at radius 3 is 2.39 bits per heavy atom. The van der Waals surface area contributed by atoms with Crippen LogP contribution in [0.2, 0.25) is 0 Å². The maximum absolute atomic E-state index is 13.6. The monoisotopic (exact) mass is 367 g/mol. The molecule has 0 atom stereocenters. The molecule has 2 aromatic rings. The third-order valence-electron chi connectivity index (χ3n) is 5.72. The Balaban J connectivity index is 1.89. The highest BCUT2D eigenvalue weighted by Gasteiger charge is 2.49. The van der Waals surface area contributed by atoms with Crippen LogP contribution in [0.25, 0.3) is 22.3 Å². The second-order valence-electron chi connectivity index (χ2n) is 7.91. The number of carbonyl (C=O) groups is 1. The van der Waals surface area contributed by atoms with Gasteiger partial charge in [-0.3, -0.25) is 14.7 Å². The van der Waals surface area contributed by atoms with E-state index in [9.17, 15) is 4.79 Å². The van der Waals surface area contributed by atoms with Crippen LogP contribution in [-0.4, -0.2) is 15.9 Å². The van der Waals surface area contributed by atoms with Crippen molar-refractivity contribution in [3.63, 3.8) is 0 Å². The maximum Gasteiger partial charge on any atom is 0.241 e. The van der Waals surface area contributed by atoms with Crippen molar-refractivity contribution in [2.24, 2.45) is 0 Å². The molecule has 1 aromatic carbocycles. The molecule has 1 amide bonds. The van der Waals surface area contributed by atoms with Gasteiger partial charge in [0.05, 0.1) is 11.1 Å². The van der Waals surface area contributed by atoms with Gasteiger partial charge in [-0.25, -0.2) is 0 Å². The van der Waals surface area contributed by atoms with Gasteiger partial charge in [-0.2, -0.15) is 0 Å². The number of rotatable bonds is 2. The van der Waals surface area contributed by atoms with Crippen molar-refractivity contribution in [3.05, 3.63) is 78.4 Å². The highest BCUT2D eigenvalue weighted by molar-refractivity contribution is 6.20. The van der Waals surface area contributed by atoms with Crippen molar-refractivity contribution in [3.8, 4) is 22.3 Å². The number of carbonyl (C=O) groups excluding carboxylic acids is 1. The second-order valence-corrected chi connectivity index (χ2v) is 7.91. The first-order valence-electron chi connectivity index (χ1n) is 9.44. The molecule has 0 saturated heterocycles. The first-order valence-corrected chi connectivity index (χ1v) is 9.44. The summed E-state index contributed by atoms with van der Waals surface area (Å²) in [4.78, 5) is 22.8. The predicted molar refractivity (Wildman–Crippen MR) is 112 cm³/mol. The minimum absolute atomic E-state index is 0.103. The number of aryl methyl sites for hydroxylation is 1. The van der Waals surface area contributed by atoms with Gasteiger partial charge in [0.25, 0.3) is 0 Å². The number of fused-ring (bicyclic) bond motifs is 3. The summed E-state index contributed by atoms with van der Waals surface area (Å²) in [6.45, 7) is 6.10. The van der Waals surface area contributed by atoms with Gasteiger partial charge in [-0.05, 0) is 67.8 Å². The predicted octanol–water partition coefficient (Wildman–Crippen LogP) is 5.45. The lowest BCUT2D eigenvalue weighted by Gasteiger charge is -2.24. The van der Waals surface area contributed by atoms with Crippen LogP contribution in [0.1, 0.15) is 25.0 Å². The lowest BCUT2D eigenvalue weighted by molar-refractivity contribution is -0.121. The summed E-state index contributed by atoms with van der Waals surface area (Å²) in [6, 6.07) is 14.2. The van der Waals surface area contributed by atoms with Crippen molar-refractivity contribution in [1.82, 2.24) is 9.97 Å². The third kappa shape index (κ3) is 2.18. The molecule has 0 unspecified atom stereocenters. The summed E-state index contributed by atoms with van der Waals surface area (Å²) >= 11 is 0. The highest BCUT2D eigenvalue weighted by atomic mass is 16.2. The largest absolute Gasteiger partial charge is 0.367 e. The normalized spacial score (nSPS) is 15.2. The van der Waals surface area contributed by atoms with Gasteiger partial charge in [-0.1, -0.05) is 17.7 Å². The van der Waals surface area contributed by atoms with Crippen LogP contribution in [0.4, 0.5) is 11.4 Å². The Morgan fingerprint density at radius 2 is 1.68 bits per heavy atom. The molecule has 0 saturated carbocycles. The molecule has 1 N–H and O–H groups in total. The number of aromatic nitrogens is 2. The van der Waals surface area contributed by atoms with Crippen LogP contribution >= 0.6 is 0 Å². The average Bonchev–Trinajstić information content (AvgIpc) is 3.14. The van der Waals surface area contributed by atoms with E-state index in [0.29, 0.717) is 0 Å². The van der Waals surface area contributed by atoms with Crippen LogP contribution in [0.15, 0.2) is 67.3 Å². The lowest BCUT2D eigenvalue weighted by atomic mass is 9.84. The van der Waals surface area contributed by atoms with Gasteiger partial charge in [-0.15, -0.1) is 0 Å². The van der Waals surface area contributed by atoms with Crippen molar-refractivity contribution in [2.75, 3.05) is 4.90 Å². The molecule has 28 heavy (non-hydrogen) atoms. The standard InChI is InChI=1S/C24H21N3O/c1-15-4-6-17(7-5-15)27-22-20(16-8-11-25-12-9-16)19-14-26-13-10-18(19)21(22)24(2,3)23(27)28/h4-14,26H,1-3H3. The molecule has 4 nitrogen and oxygen atoms in total. The van der Waals surface area contributed by atoms with Crippen molar-refractivity contribution in [1.29, 1.82) is 0 Å². The quantitative estimate of drug-likeness (QED) is 0.512. The van der Waals surface area contributed by atoms with E-state index in [1.807, 2.05) is 55.4 Å². The van der Waals surface area contributed by atoms with Crippen LogP contribution in [-0.2, 0) is 10.2 Å². The zero-order chi connectivity index (χ0) is 19.5. The van der Waals surface area contributed by atoms with E-state index in [2.05, 4.69) is 35.1 Å². The molecule has 5 rings (SSSR count). The number of anilines is 2. The number of benzene rings is 1. The Kier molecular flexibility index (Phi) is 3.47. The van der Waals surface area contributed by atoms with Crippen LogP contribution < -0.4 is 4.90 Å². The summed E-state index contributed by atoms with van der Waals surface area (Å²) in [5.41, 5.74) is 7.92. The minimum atomic E-state index is -0.606. The molecule has 3 heterocycles. The number of nitrogens with one attached hydrogen (secondary N) is 1. The zero-order valence-corrected chi connectivity index (χ0v) is 16.2. The molecule has 0 spiro atoms. The summed E-state index contributed by atoms with van der Waals surface area (Å²) in [5.74, 6) is 0.103. The minimum Gasteiger partial charge on any atom is -0.367 e. The summed E-state index contributed by atoms with van der Waals surface area (Å²) in [5, 5.41) is 0. The van der Waals surface area contributed by atoms with Gasteiger partial charge in [0.15, 0.2) is 0 Å². The second kappa shape index (κ2) is 5.80. The van der Waals surface area contributed by atoms with Crippen molar-refractivity contribution >= 4 is 17.3 Å². The smallest absolute Gasteiger partial charge is 0.241 e. The van der Waals surface area contributed by atoms with Gasteiger partial charge in [0, 0.05) is 41.6 Å². The molecule has 3 aliphatic rings. The number of amides is 1. The molecule has 0 radical (unpaired) electrons. The molecule has 1 aliphatic carbocycles. The number of H-pyrrole nitrogens is 1. The van der Waals surface area contributed by atoms with E-state index in [-0.39, 0.29) is 5.91 Å². The maximum atomic E-state index is 13.6. The first-order chi connectivity index (χ1) is 13.5. The molecule has 0 bridgehead atoms. The van der Waals surface area contributed by atoms with E-state index >= 15 is 0 Å². The SMILES string of the molecule is Cc1ccc(N2C(=O)C(C)(C)c3c4cc[nH]cc-4c(-c4ccncc4)c32)cc1. The van der Waals surface area contributed by atoms with Crippen LogP contribution in [0.5, 0.6) is 0 Å². The fraction of sp³-hybridized carbons (Fsp3) is 0.167. The Morgan fingerprint density at radius 1 is 0.964 bits per heavy atom. The van der Waals surface area contributed by atoms with Crippen LogP contribution in [0, 0.1) is 6.92 Å². The van der Waals surface area contributed by atoms with Crippen molar-refractivity contribution < 1.29 is 4.79 Å². The van der Waals surface area contributed by atoms with E-state index in [1.165, 1.54) is 5.56 Å². The molecule has 0 fully saturated rings. The molecular weight excluding hydrogens is 346 g/mol. The average molecular weight is 367 g/mol. The van der Waals surface area contributed by atoms with Gasteiger partial charge in [0.1, 0.15) is 0 Å². The Bertz CT molecular complexity index is 1160. The summed E-state index contributed by atoms with van der Waals surface area (Å²) < 4.78 is 0. The first kappa shape index (κ1) is 16.8. The van der Waals surface area contributed by atoms with E-state index in [1.54, 1.807) is 12.4 Å². The van der Waals surface area contributed by atoms with Gasteiger partial charge < -0.3 is 4.98 Å². The fourth-order valence-electron chi connectivity index (χ4n) is 4.33. The van der Waals surface area contributed by atoms with E-state index < -0.39 is 5.41 Å². The molecule has 138 valence electrons. The number of aromatic amines is 1. The number of nitrogens with zero attached hydrogens (tertiary/aromatic N) is 2. The number of pyridine rings is 2. The molecular formula is C24H21N3O. The topological polar surface area (TPSA) is 49.0 Å². The third-order valence-corrected chi connectivity index (χ3v) is 5.72. The van der Waals surface area contributed by atoms with E-state index in [4.69, 9.17) is 0 Å². The lowest BCUT2D eigenvalue weighted by Crippen LogP contribution is -2.33. The zero-order valence-electron chi connectivity index (χ0n) is 16.2.